The van der Waals surface area contributed by atoms with E-state index in [1.165, 1.54) is 25.5 Å². The zero-order chi connectivity index (χ0) is 27.4. The molecule has 0 saturated carbocycles. The van der Waals surface area contributed by atoms with Crippen LogP contribution in [0.2, 0.25) is 0 Å². The predicted octanol–water partition coefficient (Wildman–Crippen LogP) is 1.46. The summed E-state index contributed by atoms with van der Waals surface area (Å²) in [5.41, 5.74) is 0.0925. The van der Waals surface area contributed by atoms with Crippen molar-refractivity contribution in [3.63, 3.8) is 0 Å². The molecule has 198 valence electrons. The molecule has 1 aliphatic heterocycles. The van der Waals surface area contributed by atoms with Gasteiger partial charge in [0.15, 0.2) is 0 Å². The van der Waals surface area contributed by atoms with Gasteiger partial charge in [-0.1, -0.05) is 0 Å². The summed E-state index contributed by atoms with van der Waals surface area (Å²) in [6, 6.07) is 18.4. The maximum absolute atomic E-state index is 13.2. The molecule has 0 spiro atoms. The van der Waals surface area contributed by atoms with E-state index in [-0.39, 0.29) is 54.2 Å². The first-order chi connectivity index (χ1) is 18.9. The quantitative estimate of drug-likeness (QED) is 0.235. The molecule has 40 heavy (non-hydrogen) atoms. The predicted molar refractivity (Wildman–Crippen MR) is 135 cm³/mol. The first-order valence-corrected chi connectivity index (χ1v) is 11.8. The summed E-state index contributed by atoms with van der Waals surface area (Å²) in [7, 11) is 1.42. The Morgan fingerprint density at radius 3 is 1.98 bits per heavy atom. The minimum atomic E-state index is -1.96. The Morgan fingerprint density at radius 1 is 0.825 bits per heavy atom. The van der Waals surface area contributed by atoms with Crippen LogP contribution in [0.3, 0.4) is 0 Å². The fourth-order valence-electron chi connectivity index (χ4n) is 3.90. The van der Waals surface area contributed by atoms with E-state index in [0.717, 1.165) is 11.1 Å². The SMILES string of the molecule is COCCC1(Oc2ccc(Oc3ccc(-c4nc(-c5ccc(F)cc5)co4)cc3)cc2)C(=O)NC(=O)NC1=O.[Na+]. The van der Waals surface area contributed by atoms with E-state index in [1.54, 1.807) is 60.7 Å². The van der Waals surface area contributed by atoms with Gasteiger partial charge < -0.3 is 18.6 Å². The summed E-state index contributed by atoms with van der Waals surface area (Å²) >= 11 is 0. The van der Waals surface area contributed by atoms with E-state index in [2.05, 4.69) is 15.6 Å². The van der Waals surface area contributed by atoms with Crippen molar-refractivity contribution in [2.24, 2.45) is 0 Å². The number of hydrogen-bond acceptors (Lipinski definition) is 8. The number of rotatable bonds is 9. The average molecular weight is 554 g/mol. The number of carbonyl (C=O) groups is 3. The second kappa shape index (κ2) is 12.4. The van der Waals surface area contributed by atoms with Crippen molar-refractivity contribution in [1.29, 1.82) is 0 Å². The van der Waals surface area contributed by atoms with E-state index < -0.39 is 23.4 Å². The minimum Gasteiger partial charge on any atom is -0.467 e. The van der Waals surface area contributed by atoms with Gasteiger partial charge in [0.1, 0.15) is 35.0 Å². The molecule has 0 aliphatic carbocycles. The normalized spacial score (nSPS) is 14.1. The van der Waals surface area contributed by atoms with Crippen molar-refractivity contribution in [3.05, 3.63) is 84.9 Å². The van der Waals surface area contributed by atoms with Gasteiger partial charge in [-0.25, -0.2) is 14.2 Å². The molecule has 2 N–H and O–H groups in total. The topological polar surface area (TPSA) is 129 Å². The number of nitrogens with zero attached hydrogens (tertiary/aromatic N) is 1. The number of barbiturate groups is 1. The molecular formula is C28H22FN3NaO7+. The molecule has 10 nitrogen and oxygen atoms in total. The summed E-state index contributed by atoms with van der Waals surface area (Å²) in [5.74, 6) is -0.430. The van der Waals surface area contributed by atoms with Gasteiger partial charge in [-0.15, -0.1) is 0 Å². The van der Waals surface area contributed by atoms with Gasteiger partial charge in [-0.2, -0.15) is 0 Å². The molecule has 4 aromatic rings. The summed E-state index contributed by atoms with van der Waals surface area (Å²) in [6.45, 7) is 0.0489. The Hall–Kier alpha value is -4.03. The Morgan fingerprint density at radius 2 is 1.38 bits per heavy atom. The molecule has 12 heteroatoms. The van der Waals surface area contributed by atoms with E-state index in [4.69, 9.17) is 18.6 Å². The molecule has 0 unspecified atom stereocenters. The molecule has 1 aromatic heterocycles. The third kappa shape index (κ3) is 6.23. The molecule has 1 aliphatic rings. The summed E-state index contributed by atoms with van der Waals surface area (Å²) in [5, 5.41) is 4.12. The van der Waals surface area contributed by atoms with Gasteiger partial charge >= 0.3 is 35.6 Å². The zero-order valence-electron chi connectivity index (χ0n) is 21.6. The largest absolute Gasteiger partial charge is 1.00 e. The number of amides is 4. The zero-order valence-corrected chi connectivity index (χ0v) is 23.6. The number of carbonyl (C=O) groups excluding carboxylic acids is 3. The molecule has 3 aromatic carbocycles. The molecule has 0 bridgehead atoms. The monoisotopic (exact) mass is 554 g/mol. The van der Waals surface area contributed by atoms with Gasteiger partial charge in [0.2, 0.25) is 5.89 Å². The molecule has 0 atom stereocenters. The van der Waals surface area contributed by atoms with Crippen molar-refractivity contribution < 1.29 is 67.0 Å². The number of benzene rings is 3. The second-order valence-corrected chi connectivity index (χ2v) is 8.55. The van der Waals surface area contributed by atoms with Crippen molar-refractivity contribution in [3.8, 4) is 40.0 Å². The van der Waals surface area contributed by atoms with Crippen LogP contribution in [0, 0.1) is 5.82 Å². The van der Waals surface area contributed by atoms with E-state index in [9.17, 15) is 18.8 Å². The van der Waals surface area contributed by atoms with Gasteiger partial charge in [0.05, 0.1) is 6.61 Å². The van der Waals surface area contributed by atoms with Crippen LogP contribution in [0.4, 0.5) is 9.18 Å². The number of urea groups is 1. The first-order valence-electron chi connectivity index (χ1n) is 11.8. The van der Waals surface area contributed by atoms with Crippen LogP contribution in [0.5, 0.6) is 17.2 Å². The van der Waals surface area contributed by atoms with Gasteiger partial charge in [-0.3, -0.25) is 20.2 Å². The van der Waals surface area contributed by atoms with Crippen molar-refractivity contribution >= 4 is 17.8 Å². The molecular weight excluding hydrogens is 532 g/mol. The molecule has 4 amide bonds. The Kier molecular flexibility index (Phi) is 9.00. The molecule has 1 fully saturated rings. The molecule has 0 radical (unpaired) electrons. The summed E-state index contributed by atoms with van der Waals surface area (Å²) in [4.78, 5) is 41.1. The number of nitrogens with one attached hydrogen (secondary N) is 2. The van der Waals surface area contributed by atoms with Crippen LogP contribution in [-0.4, -0.2) is 42.1 Å². The third-order valence-corrected chi connectivity index (χ3v) is 5.94. The maximum Gasteiger partial charge on any atom is 1.00 e. The third-order valence-electron chi connectivity index (χ3n) is 5.94. The van der Waals surface area contributed by atoms with Crippen LogP contribution in [0.25, 0.3) is 22.7 Å². The van der Waals surface area contributed by atoms with Crippen LogP contribution < -0.4 is 49.7 Å². The van der Waals surface area contributed by atoms with Gasteiger partial charge in [0.25, 0.3) is 17.4 Å². The number of aromatic nitrogens is 1. The van der Waals surface area contributed by atoms with E-state index in [1.807, 2.05) is 0 Å². The van der Waals surface area contributed by atoms with Crippen LogP contribution in [0.15, 0.2) is 83.5 Å². The number of halogens is 1. The minimum absolute atomic E-state index is 0. The van der Waals surface area contributed by atoms with E-state index >= 15 is 0 Å². The summed E-state index contributed by atoms with van der Waals surface area (Å²) < 4.78 is 35.4. The van der Waals surface area contributed by atoms with Crippen molar-refractivity contribution in [1.82, 2.24) is 15.6 Å². The van der Waals surface area contributed by atoms with Crippen LogP contribution >= 0.6 is 0 Å². The number of hydrogen-bond donors (Lipinski definition) is 2. The smallest absolute Gasteiger partial charge is 0.467 e. The molecule has 5 rings (SSSR count). The standard InChI is InChI=1S/C28H22FN3O7.Na/c1-36-15-14-28(25(33)31-27(35)32-26(28)34)39-22-12-10-21(11-13-22)38-20-8-4-18(5-9-20)24-30-23(16-37-24)17-2-6-19(29)7-3-17;/h2-13,16H,14-15H2,1H3,(H2,31,32,33,34,35);/q;+1. The summed E-state index contributed by atoms with van der Waals surface area (Å²) in [6.07, 6.45) is 1.41. The number of imide groups is 2. The Labute approximate surface area is 250 Å². The van der Waals surface area contributed by atoms with Crippen LogP contribution in [0.1, 0.15) is 6.42 Å². The second-order valence-electron chi connectivity index (χ2n) is 8.55. The Balaban J connectivity index is 0.00000370. The number of methoxy groups -OCH3 is 1. The van der Waals surface area contributed by atoms with Crippen molar-refractivity contribution in [2.45, 2.75) is 12.0 Å². The maximum atomic E-state index is 13.2. The average Bonchev–Trinajstić information content (AvgIpc) is 3.42. The fourth-order valence-corrected chi connectivity index (χ4v) is 3.90. The molecule has 1 saturated heterocycles. The first kappa shape index (κ1) is 29.0. The van der Waals surface area contributed by atoms with Crippen molar-refractivity contribution in [2.75, 3.05) is 13.7 Å². The van der Waals surface area contributed by atoms with Gasteiger partial charge in [0, 0.05) is 24.7 Å². The number of oxazole rings is 1. The fraction of sp³-hybridized carbons (Fsp3) is 0.143. The van der Waals surface area contributed by atoms with E-state index in [0.29, 0.717) is 23.1 Å². The van der Waals surface area contributed by atoms with Crippen LogP contribution in [-0.2, 0) is 14.3 Å². The number of ether oxygens (including phenoxy) is 3. The molecule has 2 heterocycles. The van der Waals surface area contributed by atoms with Gasteiger partial charge in [-0.05, 0) is 72.8 Å². The Bertz CT molecular complexity index is 1490.